The van der Waals surface area contributed by atoms with E-state index in [1.54, 1.807) is 23.7 Å². The minimum absolute atomic E-state index is 0.178. The second kappa shape index (κ2) is 6.93. The second-order valence-electron chi connectivity index (χ2n) is 6.94. The Balaban J connectivity index is 1.85. The van der Waals surface area contributed by atoms with Crippen molar-refractivity contribution in [3.05, 3.63) is 81.3 Å². The van der Waals surface area contributed by atoms with Crippen LogP contribution in [0.2, 0.25) is 0 Å². The van der Waals surface area contributed by atoms with E-state index in [0.717, 1.165) is 27.8 Å². The molecule has 0 saturated carbocycles. The van der Waals surface area contributed by atoms with E-state index in [-0.39, 0.29) is 5.69 Å². The quantitative estimate of drug-likeness (QED) is 0.455. The molecule has 5 rings (SSSR count). The maximum absolute atomic E-state index is 13.4. The highest BCUT2D eigenvalue weighted by atomic mass is 32.1. The Labute approximate surface area is 171 Å². The van der Waals surface area contributed by atoms with E-state index in [1.165, 1.54) is 15.0 Å². The largest absolute Gasteiger partial charge is 0.352 e. The maximum Gasteiger partial charge on any atom is 0.352 e. The fourth-order valence-corrected chi connectivity index (χ4v) is 4.97. The molecule has 0 radical (unpaired) electrons. The zero-order valence-corrected chi connectivity index (χ0v) is 17.0. The Hall–Kier alpha value is -3.32. The summed E-state index contributed by atoms with van der Waals surface area (Å²) in [5.41, 5.74) is 3.54. The van der Waals surface area contributed by atoms with Gasteiger partial charge in [0.15, 0.2) is 11.5 Å². The van der Waals surface area contributed by atoms with Crippen molar-refractivity contribution in [2.45, 2.75) is 26.8 Å². The van der Waals surface area contributed by atoms with Crippen LogP contribution in [0.3, 0.4) is 0 Å². The number of pyridine rings is 1. The third-order valence-electron chi connectivity index (χ3n) is 5.14. The van der Waals surface area contributed by atoms with Crippen LogP contribution in [0.5, 0.6) is 0 Å². The Kier molecular flexibility index (Phi) is 4.24. The number of thiophene rings is 1. The van der Waals surface area contributed by atoms with Crippen LogP contribution in [-0.2, 0) is 13.0 Å². The molecule has 6 nitrogen and oxygen atoms in total. The molecule has 4 heterocycles. The zero-order valence-electron chi connectivity index (χ0n) is 16.2. The van der Waals surface area contributed by atoms with Gasteiger partial charge in [0.2, 0.25) is 0 Å². The molecule has 0 N–H and O–H groups in total. The van der Waals surface area contributed by atoms with E-state index >= 15 is 0 Å². The van der Waals surface area contributed by atoms with Crippen LogP contribution >= 0.6 is 11.3 Å². The van der Waals surface area contributed by atoms with Gasteiger partial charge in [0.1, 0.15) is 4.83 Å². The summed E-state index contributed by atoms with van der Waals surface area (Å²) >= 11 is 1.65. The highest BCUT2D eigenvalue weighted by Crippen LogP contribution is 2.33. The molecule has 0 aliphatic rings. The van der Waals surface area contributed by atoms with Gasteiger partial charge in [-0.3, -0.25) is 9.55 Å². The van der Waals surface area contributed by atoms with Crippen LogP contribution in [0.25, 0.3) is 27.3 Å². The molecule has 144 valence electrons. The Morgan fingerprint density at radius 2 is 1.93 bits per heavy atom. The van der Waals surface area contributed by atoms with Crippen LogP contribution in [0.4, 0.5) is 0 Å². The lowest BCUT2D eigenvalue weighted by atomic mass is 10.1. The van der Waals surface area contributed by atoms with E-state index in [2.05, 4.69) is 23.9 Å². The van der Waals surface area contributed by atoms with Crippen LogP contribution in [-0.4, -0.2) is 24.1 Å². The second-order valence-corrected chi connectivity index (χ2v) is 8.14. The average Bonchev–Trinajstić information content (AvgIpc) is 3.33. The lowest BCUT2D eigenvalue weighted by molar-refractivity contribution is 0.720. The lowest BCUT2D eigenvalue weighted by Gasteiger charge is -2.09. The van der Waals surface area contributed by atoms with Gasteiger partial charge in [0.25, 0.3) is 0 Å². The number of benzene rings is 1. The van der Waals surface area contributed by atoms with Crippen LogP contribution in [0, 0.1) is 6.92 Å². The molecule has 5 aromatic rings. The smallest absolute Gasteiger partial charge is 0.278 e. The summed E-state index contributed by atoms with van der Waals surface area (Å²) in [7, 11) is 0. The van der Waals surface area contributed by atoms with E-state index in [4.69, 9.17) is 4.98 Å². The number of hydrogen-bond donors (Lipinski definition) is 0. The van der Waals surface area contributed by atoms with Gasteiger partial charge < -0.3 is 0 Å². The average molecular weight is 401 g/mol. The minimum Gasteiger partial charge on any atom is -0.278 e. The van der Waals surface area contributed by atoms with Crippen molar-refractivity contribution in [1.82, 2.24) is 24.1 Å². The summed E-state index contributed by atoms with van der Waals surface area (Å²) < 4.78 is 3.26. The fourth-order valence-electron chi connectivity index (χ4n) is 3.74. The van der Waals surface area contributed by atoms with E-state index in [1.807, 2.05) is 47.0 Å². The normalized spacial score (nSPS) is 11.5. The van der Waals surface area contributed by atoms with Crippen LogP contribution in [0.15, 0.2) is 59.7 Å². The maximum atomic E-state index is 13.4. The van der Waals surface area contributed by atoms with E-state index < -0.39 is 0 Å². The molecule has 0 unspecified atom stereocenters. The minimum atomic E-state index is -0.178. The molecular formula is C22H19N5OS. The number of rotatable bonds is 4. The van der Waals surface area contributed by atoms with Crippen molar-refractivity contribution in [3.8, 4) is 11.4 Å². The van der Waals surface area contributed by atoms with Gasteiger partial charge in [-0.05, 0) is 36.6 Å². The molecule has 0 amide bonds. The van der Waals surface area contributed by atoms with Crippen molar-refractivity contribution >= 4 is 27.2 Å². The first-order chi connectivity index (χ1) is 14.2. The molecule has 0 aliphatic carbocycles. The molecule has 1 aromatic carbocycles. The summed E-state index contributed by atoms with van der Waals surface area (Å²) in [6, 6.07) is 13.8. The predicted molar refractivity (Wildman–Crippen MR) is 116 cm³/mol. The fraction of sp³-hybridized carbons (Fsp3) is 0.182. The predicted octanol–water partition coefficient (Wildman–Crippen LogP) is 4.09. The Morgan fingerprint density at radius 3 is 2.66 bits per heavy atom. The first kappa shape index (κ1) is 17.8. The molecule has 0 atom stereocenters. The summed E-state index contributed by atoms with van der Waals surface area (Å²) in [5.74, 6) is 0.514. The number of aryl methyl sites for hydroxylation is 2. The molecule has 0 spiro atoms. The van der Waals surface area contributed by atoms with Gasteiger partial charge in [0, 0.05) is 22.8 Å². The molecule has 4 aromatic heterocycles. The van der Waals surface area contributed by atoms with Gasteiger partial charge in [-0.25, -0.2) is 9.78 Å². The number of hydrogen-bond acceptors (Lipinski definition) is 5. The molecule has 0 bridgehead atoms. The summed E-state index contributed by atoms with van der Waals surface area (Å²) in [6.07, 6.45) is 4.30. The topological polar surface area (TPSA) is 65.1 Å². The summed E-state index contributed by atoms with van der Waals surface area (Å²) in [4.78, 5) is 24.5. The zero-order chi connectivity index (χ0) is 20.0. The van der Waals surface area contributed by atoms with Crippen molar-refractivity contribution < 1.29 is 0 Å². The monoisotopic (exact) mass is 401 g/mol. The van der Waals surface area contributed by atoms with Crippen molar-refractivity contribution in [2.24, 2.45) is 0 Å². The van der Waals surface area contributed by atoms with Crippen molar-refractivity contribution in [3.63, 3.8) is 0 Å². The van der Waals surface area contributed by atoms with E-state index in [0.29, 0.717) is 18.0 Å². The highest BCUT2D eigenvalue weighted by molar-refractivity contribution is 7.19. The SMILES string of the molecule is CCc1c(C)sc2c1c1nc(-c3cccnc3)nn1c(=O)n2Cc1ccccc1. The Bertz CT molecular complexity index is 1380. The van der Waals surface area contributed by atoms with Crippen LogP contribution < -0.4 is 5.69 Å². The van der Waals surface area contributed by atoms with Gasteiger partial charge in [-0.15, -0.1) is 16.4 Å². The third kappa shape index (κ3) is 2.86. The van der Waals surface area contributed by atoms with Gasteiger partial charge in [-0.1, -0.05) is 37.3 Å². The van der Waals surface area contributed by atoms with E-state index in [9.17, 15) is 4.79 Å². The molecule has 29 heavy (non-hydrogen) atoms. The van der Waals surface area contributed by atoms with Crippen molar-refractivity contribution in [1.29, 1.82) is 0 Å². The molecular weight excluding hydrogens is 382 g/mol. The first-order valence-corrected chi connectivity index (χ1v) is 10.3. The molecule has 0 fully saturated rings. The number of fused-ring (bicyclic) bond motifs is 3. The first-order valence-electron chi connectivity index (χ1n) is 9.53. The van der Waals surface area contributed by atoms with Gasteiger partial charge in [-0.2, -0.15) is 4.52 Å². The standard InChI is InChI=1S/C22H19N5OS/c1-3-17-14(2)29-21-18(17)20-24-19(16-10-7-11-23-12-16)25-27(20)22(28)26(21)13-15-8-5-4-6-9-15/h4-12H,3,13H2,1-2H3. The third-order valence-corrected chi connectivity index (χ3v) is 6.31. The summed E-state index contributed by atoms with van der Waals surface area (Å²) in [6.45, 7) is 4.74. The lowest BCUT2D eigenvalue weighted by Crippen LogP contribution is -2.28. The van der Waals surface area contributed by atoms with Gasteiger partial charge >= 0.3 is 5.69 Å². The number of aromatic nitrogens is 5. The highest BCUT2D eigenvalue weighted by Gasteiger charge is 2.21. The number of nitrogens with zero attached hydrogens (tertiary/aromatic N) is 5. The molecule has 0 aliphatic heterocycles. The summed E-state index contributed by atoms with van der Waals surface area (Å²) in [5, 5.41) is 5.58. The molecule has 7 heteroatoms. The molecule has 0 saturated heterocycles. The van der Waals surface area contributed by atoms with Crippen LogP contribution in [0.1, 0.15) is 22.9 Å². The van der Waals surface area contributed by atoms with Gasteiger partial charge in [0.05, 0.1) is 11.9 Å². The Morgan fingerprint density at radius 1 is 1.10 bits per heavy atom. The van der Waals surface area contributed by atoms with Crippen molar-refractivity contribution in [2.75, 3.05) is 0 Å².